The first kappa shape index (κ1) is 12.9. The molecule has 1 aliphatic heterocycles. The lowest BCUT2D eigenvalue weighted by molar-refractivity contribution is 0.114. The molecule has 1 saturated heterocycles. The predicted molar refractivity (Wildman–Crippen MR) is 71.3 cm³/mol. The van der Waals surface area contributed by atoms with Crippen LogP contribution in [0.4, 0.5) is 0 Å². The zero-order valence-electron chi connectivity index (χ0n) is 9.95. The number of aliphatic hydroxyl groups excluding tert-OH is 1. The van der Waals surface area contributed by atoms with Gasteiger partial charge >= 0.3 is 0 Å². The third-order valence-electron chi connectivity index (χ3n) is 3.25. The lowest BCUT2D eigenvalue weighted by Crippen LogP contribution is -2.38. The van der Waals surface area contributed by atoms with Crippen LogP contribution in [-0.2, 0) is 0 Å². The molecule has 1 aromatic carbocycles. The highest BCUT2D eigenvalue weighted by atomic mass is 79.9. The summed E-state index contributed by atoms with van der Waals surface area (Å²) in [7, 11) is 1.64. The maximum atomic E-state index is 10.3. The van der Waals surface area contributed by atoms with Gasteiger partial charge in [0.15, 0.2) is 0 Å². The molecule has 4 heteroatoms. The monoisotopic (exact) mass is 299 g/mol. The average Bonchev–Trinajstić information content (AvgIpc) is 2.39. The molecule has 0 bridgehead atoms. The highest BCUT2D eigenvalue weighted by molar-refractivity contribution is 9.10. The average molecular weight is 300 g/mol. The molecular formula is C13H18BrNO2. The quantitative estimate of drug-likeness (QED) is 0.901. The summed E-state index contributed by atoms with van der Waals surface area (Å²) in [6.07, 6.45) is 2.98. The van der Waals surface area contributed by atoms with Crippen molar-refractivity contribution in [2.45, 2.75) is 31.4 Å². The fourth-order valence-electron chi connectivity index (χ4n) is 2.25. The van der Waals surface area contributed by atoms with Gasteiger partial charge in [-0.25, -0.2) is 0 Å². The van der Waals surface area contributed by atoms with Gasteiger partial charge in [0.2, 0.25) is 0 Å². The first-order valence-corrected chi connectivity index (χ1v) is 6.76. The Bertz CT molecular complexity index is 378. The van der Waals surface area contributed by atoms with E-state index in [4.69, 9.17) is 4.74 Å². The molecule has 17 heavy (non-hydrogen) atoms. The minimum absolute atomic E-state index is 0.170. The van der Waals surface area contributed by atoms with Gasteiger partial charge in [0.1, 0.15) is 5.75 Å². The molecule has 1 heterocycles. The smallest absolute Gasteiger partial charge is 0.133 e. The molecule has 94 valence electrons. The molecule has 2 N–H and O–H groups in total. The van der Waals surface area contributed by atoms with Crippen molar-refractivity contribution in [3.8, 4) is 5.75 Å². The van der Waals surface area contributed by atoms with Crippen molar-refractivity contribution in [2.24, 2.45) is 0 Å². The maximum absolute atomic E-state index is 10.3. The van der Waals surface area contributed by atoms with Gasteiger partial charge in [-0.3, -0.25) is 0 Å². The molecule has 0 aromatic heterocycles. The first-order chi connectivity index (χ1) is 8.22. The molecule has 1 aromatic rings. The number of methoxy groups -OCH3 is 1. The molecule has 2 rings (SSSR count). The molecule has 0 aliphatic carbocycles. The van der Waals surface area contributed by atoms with Gasteiger partial charge in [-0.05, 0) is 53.0 Å². The highest BCUT2D eigenvalue weighted by Gasteiger charge is 2.23. The number of benzene rings is 1. The SMILES string of the molecule is COc1ccc(C(O)C2CCCCN2)cc1Br. The number of hydrogen-bond acceptors (Lipinski definition) is 3. The van der Waals surface area contributed by atoms with E-state index in [0.29, 0.717) is 0 Å². The Kier molecular flexibility index (Phi) is 4.42. The van der Waals surface area contributed by atoms with E-state index in [-0.39, 0.29) is 6.04 Å². The first-order valence-electron chi connectivity index (χ1n) is 5.97. The zero-order chi connectivity index (χ0) is 12.3. The predicted octanol–water partition coefficient (Wildman–Crippen LogP) is 2.63. The molecule has 1 aliphatic rings. The molecular weight excluding hydrogens is 282 g/mol. The van der Waals surface area contributed by atoms with E-state index in [0.717, 1.165) is 28.8 Å². The van der Waals surface area contributed by atoms with Gasteiger partial charge in [0, 0.05) is 6.04 Å². The van der Waals surface area contributed by atoms with E-state index in [1.807, 2.05) is 18.2 Å². The molecule has 1 fully saturated rings. The van der Waals surface area contributed by atoms with Crippen molar-refractivity contribution < 1.29 is 9.84 Å². The van der Waals surface area contributed by atoms with Gasteiger partial charge in [0.05, 0.1) is 17.7 Å². The second-order valence-corrected chi connectivity index (χ2v) is 5.25. The second-order valence-electron chi connectivity index (χ2n) is 4.40. The minimum atomic E-state index is -0.447. The summed E-state index contributed by atoms with van der Waals surface area (Å²) in [5.41, 5.74) is 0.928. The Morgan fingerprint density at radius 3 is 2.88 bits per heavy atom. The number of halogens is 1. The molecule has 3 nitrogen and oxygen atoms in total. The number of aliphatic hydroxyl groups is 1. The van der Waals surface area contributed by atoms with E-state index in [9.17, 15) is 5.11 Å². The van der Waals surface area contributed by atoms with E-state index < -0.39 is 6.10 Å². The Morgan fingerprint density at radius 1 is 1.47 bits per heavy atom. The van der Waals surface area contributed by atoms with Gasteiger partial charge < -0.3 is 15.2 Å². The van der Waals surface area contributed by atoms with Gasteiger partial charge in [-0.2, -0.15) is 0 Å². The number of piperidine rings is 1. The summed E-state index contributed by atoms with van der Waals surface area (Å²) in [4.78, 5) is 0. The van der Waals surface area contributed by atoms with Crippen LogP contribution in [0.1, 0.15) is 30.9 Å². The number of hydrogen-bond donors (Lipinski definition) is 2. The van der Waals surface area contributed by atoms with Crippen molar-refractivity contribution in [2.75, 3.05) is 13.7 Å². The maximum Gasteiger partial charge on any atom is 0.133 e. The fraction of sp³-hybridized carbons (Fsp3) is 0.538. The van der Waals surface area contributed by atoms with Crippen molar-refractivity contribution in [1.29, 1.82) is 0 Å². The van der Waals surface area contributed by atoms with Gasteiger partial charge in [-0.1, -0.05) is 12.5 Å². The summed E-state index contributed by atoms with van der Waals surface area (Å²) >= 11 is 3.44. The number of nitrogens with one attached hydrogen (secondary N) is 1. The van der Waals surface area contributed by atoms with E-state index in [1.165, 1.54) is 12.8 Å². The molecule has 2 atom stereocenters. The summed E-state index contributed by atoms with van der Waals surface area (Å²) in [5.74, 6) is 0.789. The Hall–Kier alpha value is -0.580. The van der Waals surface area contributed by atoms with E-state index >= 15 is 0 Å². The third-order valence-corrected chi connectivity index (χ3v) is 3.87. The van der Waals surface area contributed by atoms with E-state index in [2.05, 4.69) is 21.2 Å². The number of rotatable bonds is 3. The summed E-state index contributed by atoms with van der Waals surface area (Å²) in [6.45, 7) is 0.999. The number of ether oxygens (including phenoxy) is 1. The Balaban J connectivity index is 2.12. The molecule has 0 saturated carbocycles. The Labute approximate surface area is 110 Å². The van der Waals surface area contributed by atoms with Crippen LogP contribution in [0, 0.1) is 0 Å². The van der Waals surface area contributed by atoms with Crippen LogP contribution < -0.4 is 10.1 Å². The molecule has 0 radical (unpaired) electrons. The van der Waals surface area contributed by atoms with Gasteiger partial charge in [-0.15, -0.1) is 0 Å². The van der Waals surface area contributed by atoms with Crippen LogP contribution in [-0.4, -0.2) is 24.8 Å². The van der Waals surface area contributed by atoms with Crippen LogP contribution in [0.15, 0.2) is 22.7 Å². The van der Waals surface area contributed by atoms with E-state index in [1.54, 1.807) is 7.11 Å². The zero-order valence-corrected chi connectivity index (χ0v) is 11.5. The van der Waals surface area contributed by atoms with Crippen molar-refractivity contribution in [3.05, 3.63) is 28.2 Å². The van der Waals surface area contributed by atoms with Crippen molar-refractivity contribution >= 4 is 15.9 Å². The molecule has 0 amide bonds. The fourth-order valence-corrected chi connectivity index (χ4v) is 2.81. The van der Waals surface area contributed by atoms with Crippen LogP contribution in [0.5, 0.6) is 5.75 Å². The summed E-state index contributed by atoms with van der Waals surface area (Å²) < 4.78 is 6.06. The second kappa shape index (κ2) is 5.85. The molecule has 2 unspecified atom stereocenters. The minimum Gasteiger partial charge on any atom is -0.496 e. The standard InChI is InChI=1S/C13H18BrNO2/c1-17-12-6-5-9(8-10(12)14)13(16)11-4-2-3-7-15-11/h5-6,8,11,13,15-16H,2-4,7H2,1H3. The third kappa shape index (κ3) is 3.00. The van der Waals surface area contributed by atoms with Crippen LogP contribution in [0.2, 0.25) is 0 Å². The normalized spacial score (nSPS) is 22.2. The van der Waals surface area contributed by atoms with Crippen LogP contribution in [0.3, 0.4) is 0 Å². The highest BCUT2D eigenvalue weighted by Crippen LogP contribution is 2.30. The van der Waals surface area contributed by atoms with Crippen molar-refractivity contribution in [3.63, 3.8) is 0 Å². The van der Waals surface area contributed by atoms with Crippen molar-refractivity contribution in [1.82, 2.24) is 5.32 Å². The lowest BCUT2D eigenvalue weighted by atomic mass is 9.95. The lowest BCUT2D eigenvalue weighted by Gasteiger charge is -2.28. The summed E-state index contributed by atoms with van der Waals surface area (Å²) in [5, 5.41) is 13.7. The topological polar surface area (TPSA) is 41.5 Å². The summed E-state index contributed by atoms with van der Waals surface area (Å²) in [6, 6.07) is 5.90. The Morgan fingerprint density at radius 2 is 2.29 bits per heavy atom. The molecule has 0 spiro atoms. The largest absolute Gasteiger partial charge is 0.496 e. The van der Waals surface area contributed by atoms with Crippen LogP contribution >= 0.6 is 15.9 Å². The van der Waals surface area contributed by atoms with Gasteiger partial charge in [0.25, 0.3) is 0 Å². The van der Waals surface area contributed by atoms with Crippen LogP contribution in [0.25, 0.3) is 0 Å².